The maximum absolute atomic E-state index is 4.42. The monoisotopic (exact) mass is 480 g/mol. The lowest BCUT2D eigenvalue weighted by molar-refractivity contribution is 0.0419. The predicted molar refractivity (Wildman–Crippen MR) is 150 cm³/mol. The third-order valence-corrected chi connectivity index (χ3v) is 12.0. The van der Waals surface area contributed by atoms with E-state index in [1.54, 1.807) is 11.1 Å². The van der Waals surface area contributed by atoms with Crippen molar-refractivity contribution in [3.8, 4) is 0 Å². The fourth-order valence-corrected chi connectivity index (χ4v) is 10.5. The molecule has 1 aromatic heterocycles. The number of allylic oxidation sites excluding steroid dienone is 4. The SMILES string of the molecule is CCN(C(C)C)[C@H]1CCC2=CC3=CC[C@]4(C)[C@@H](c5ccc6ccncc6c5)CC[C@H]4[C@@]34CC[C@]2(C1)C4. The summed E-state index contributed by atoms with van der Waals surface area (Å²) in [6.45, 7) is 11.0. The smallest absolute Gasteiger partial charge is 0.0346 e. The molecule has 190 valence electrons. The minimum Gasteiger partial charge on any atom is -0.298 e. The van der Waals surface area contributed by atoms with Crippen LogP contribution in [0.25, 0.3) is 10.8 Å². The largest absolute Gasteiger partial charge is 0.298 e. The van der Waals surface area contributed by atoms with Crippen molar-refractivity contribution in [2.45, 2.75) is 103 Å². The van der Waals surface area contributed by atoms with Crippen molar-refractivity contribution in [1.82, 2.24) is 9.88 Å². The van der Waals surface area contributed by atoms with Crippen LogP contribution in [0.1, 0.15) is 97.0 Å². The Morgan fingerprint density at radius 1 is 1.08 bits per heavy atom. The second-order valence-corrected chi connectivity index (χ2v) is 13.6. The van der Waals surface area contributed by atoms with Gasteiger partial charge < -0.3 is 0 Å². The molecule has 2 bridgehead atoms. The second-order valence-electron chi connectivity index (χ2n) is 13.6. The average Bonchev–Trinajstić information content (AvgIpc) is 3.39. The van der Waals surface area contributed by atoms with E-state index in [4.69, 9.17) is 0 Å². The maximum atomic E-state index is 4.42. The van der Waals surface area contributed by atoms with Crippen molar-refractivity contribution in [3.63, 3.8) is 0 Å². The van der Waals surface area contributed by atoms with Crippen molar-refractivity contribution in [2.75, 3.05) is 6.54 Å². The van der Waals surface area contributed by atoms with Gasteiger partial charge in [0.25, 0.3) is 0 Å². The Bertz CT molecular complexity index is 1250. The highest BCUT2D eigenvalue weighted by Crippen LogP contribution is 2.75. The summed E-state index contributed by atoms with van der Waals surface area (Å²) < 4.78 is 0. The molecular formula is C34H44N2. The van der Waals surface area contributed by atoms with E-state index in [-0.39, 0.29) is 0 Å². The first-order valence-electron chi connectivity index (χ1n) is 14.9. The first kappa shape index (κ1) is 23.2. The summed E-state index contributed by atoms with van der Waals surface area (Å²) >= 11 is 0. The van der Waals surface area contributed by atoms with Crippen LogP contribution >= 0.6 is 0 Å². The Kier molecular flexibility index (Phi) is 5.18. The predicted octanol–water partition coefficient (Wildman–Crippen LogP) is 8.44. The Morgan fingerprint density at radius 2 is 1.97 bits per heavy atom. The van der Waals surface area contributed by atoms with Gasteiger partial charge in [0.05, 0.1) is 0 Å². The fourth-order valence-electron chi connectivity index (χ4n) is 10.5. The van der Waals surface area contributed by atoms with Crippen LogP contribution < -0.4 is 0 Å². The highest BCUT2D eigenvalue weighted by Gasteiger charge is 2.65. The highest BCUT2D eigenvalue weighted by atomic mass is 15.2. The van der Waals surface area contributed by atoms with Gasteiger partial charge in [0.15, 0.2) is 0 Å². The van der Waals surface area contributed by atoms with Crippen LogP contribution in [-0.4, -0.2) is 28.5 Å². The van der Waals surface area contributed by atoms with Crippen LogP contribution in [0.15, 0.2) is 60.0 Å². The number of fused-ring (bicyclic) bond motifs is 2. The van der Waals surface area contributed by atoms with E-state index in [0.717, 1.165) is 12.0 Å². The minimum absolute atomic E-state index is 0.373. The second kappa shape index (κ2) is 8.03. The zero-order valence-corrected chi connectivity index (χ0v) is 22.9. The molecule has 3 saturated carbocycles. The molecule has 2 spiro atoms. The zero-order valence-electron chi connectivity index (χ0n) is 22.9. The highest BCUT2D eigenvalue weighted by molar-refractivity contribution is 5.82. The Balaban J connectivity index is 1.24. The third-order valence-electron chi connectivity index (χ3n) is 12.0. The Hall–Kier alpha value is -1.93. The first-order chi connectivity index (χ1) is 17.4. The molecule has 3 fully saturated rings. The lowest BCUT2D eigenvalue weighted by Gasteiger charge is -2.55. The topological polar surface area (TPSA) is 16.1 Å². The van der Waals surface area contributed by atoms with E-state index in [1.807, 2.05) is 11.8 Å². The van der Waals surface area contributed by atoms with E-state index in [0.29, 0.717) is 28.2 Å². The molecule has 2 heteroatoms. The van der Waals surface area contributed by atoms with Gasteiger partial charge in [-0.3, -0.25) is 9.88 Å². The standard InChI is InChI=1S/C34H44N2/c1-5-36(23(2)3)29-9-8-27-19-28-12-14-32(4)30(25-7-6-24-13-17-35-21-26(24)18-25)10-11-31(32)34(28)16-15-33(27,20-29)22-34/h6-7,12-13,17-19,21,23,29-31H,5,8-11,14-16,20,22H2,1-4H3/t29-,30+,31+,32+,33-,34+/m0/s1. The number of benzene rings is 1. The van der Waals surface area contributed by atoms with Crippen LogP contribution in [0.3, 0.4) is 0 Å². The molecule has 5 aliphatic carbocycles. The van der Waals surface area contributed by atoms with Crippen molar-refractivity contribution in [2.24, 2.45) is 22.2 Å². The summed E-state index contributed by atoms with van der Waals surface area (Å²) in [5.41, 5.74) is 6.43. The molecule has 0 unspecified atom stereocenters. The lowest BCUT2D eigenvalue weighted by atomic mass is 9.50. The summed E-state index contributed by atoms with van der Waals surface area (Å²) in [7, 11) is 0. The molecule has 0 amide bonds. The number of pyridine rings is 1. The van der Waals surface area contributed by atoms with Gasteiger partial charge in [0, 0.05) is 29.9 Å². The fraction of sp³-hybridized carbons (Fsp3) is 0.618. The molecule has 7 rings (SSSR count). The van der Waals surface area contributed by atoms with Gasteiger partial charge in [-0.2, -0.15) is 0 Å². The Labute approximate surface area is 218 Å². The van der Waals surface area contributed by atoms with Crippen LogP contribution in [0, 0.1) is 22.2 Å². The molecule has 0 saturated heterocycles. The Morgan fingerprint density at radius 3 is 2.81 bits per heavy atom. The molecular weight excluding hydrogens is 436 g/mol. The molecule has 6 atom stereocenters. The molecule has 5 aliphatic rings. The molecule has 2 nitrogen and oxygen atoms in total. The summed E-state index contributed by atoms with van der Waals surface area (Å²) in [5.74, 6) is 1.49. The lowest BCUT2D eigenvalue weighted by Crippen LogP contribution is -2.49. The number of aromatic nitrogens is 1. The molecule has 0 radical (unpaired) electrons. The van der Waals surface area contributed by atoms with E-state index in [1.165, 1.54) is 75.1 Å². The average molecular weight is 481 g/mol. The van der Waals surface area contributed by atoms with E-state index < -0.39 is 0 Å². The molecule has 36 heavy (non-hydrogen) atoms. The van der Waals surface area contributed by atoms with Crippen molar-refractivity contribution < 1.29 is 0 Å². The van der Waals surface area contributed by atoms with Crippen LogP contribution in [0.4, 0.5) is 0 Å². The molecule has 1 aromatic carbocycles. The van der Waals surface area contributed by atoms with E-state index in [2.05, 4.69) is 80.2 Å². The van der Waals surface area contributed by atoms with Gasteiger partial charge >= 0.3 is 0 Å². The summed E-state index contributed by atoms with van der Waals surface area (Å²) in [6.07, 6.45) is 21.8. The van der Waals surface area contributed by atoms with Crippen LogP contribution in [-0.2, 0) is 0 Å². The number of rotatable bonds is 4. The van der Waals surface area contributed by atoms with E-state index >= 15 is 0 Å². The van der Waals surface area contributed by atoms with Crippen molar-refractivity contribution in [1.29, 1.82) is 0 Å². The summed E-state index contributed by atoms with van der Waals surface area (Å²) in [5, 5.41) is 2.62. The number of hydrogen-bond donors (Lipinski definition) is 0. The molecule has 0 N–H and O–H groups in total. The first-order valence-corrected chi connectivity index (χ1v) is 14.9. The zero-order chi connectivity index (χ0) is 24.7. The summed E-state index contributed by atoms with van der Waals surface area (Å²) in [4.78, 5) is 7.22. The van der Waals surface area contributed by atoms with Gasteiger partial charge in [-0.15, -0.1) is 0 Å². The van der Waals surface area contributed by atoms with Gasteiger partial charge in [-0.1, -0.05) is 43.7 Å². The summed E-state index contributed by atoms with van der Waals surface area (Å²) in [6, 6.07) is 10.8. The van der Waals surface area contributed by atoms with Gasteiger partial charge in [-0.05, 0) is 135 Å². The normalized spacial score (nSPS) is 39.1. The van der Waals surface area contributed by atoms with Gasteiger partial charge in [0.2, 0.25) is 0 Å². The van der Waals surface area contributed by atoms with Crippen LogP contribution in [0.2, 0.25) is 0 Å². The quantitative estimate of drug-likeness (QED) is 0.436. The number of nitrogens with zero attached hydrogens (tertiary/aromatic N) is 2. The van der Waals surface area contributed by atoms with Crippen molar-refractivity contribution >= 4 is 10.8 Å². The van der Waals surface area contributed by atoms with E-state index in [9.17, 15) is 0 Å². The molecule has 1 heterocycles. The van der Waals surface area contributed by atoms with Crippen LogP contribution in [0.5, 0.6) is 0 Å². The van der Waals surface area contributed by atoms with Gasteiger partial charge in [-0.25, -0.2) is 0 Å². The molecule has 2 aromatic rings. The third kappa shape index (κ3) is 3.09. The van der Waals surface area contributed by atoms with Gasteiger partial charge in [0.1, 0.15) is 0 Å². The number of hydrogen-bond acceptors (Lipinski definition) is 2. The van der Waals surface area contributed by atoms with Crippen molar-refractivity contribution in [3.05, 3.63) is 65.5 Å². The minimum atomic E-state index is 0.373. The maximum Gasteiger partial charge on any atom is 0.0346 e. The molecule has 0 aliphatic heterocycles.